The molecule has 0 aliphatic carbocycles. The molecule has 2 atom stereocenters. The van der Waals surface area contributed by atoms with Crippen molar-refractivity contribution in [1.82, 2.24) is 4.90 Å². The molecule has 1 aliphatic rings. The fraction of sp³-hybridized carbons (Fsp3) is 0.625. The maximum absolute atomic E-state index is 12.8. The van der Waals surface area contributed by atoms with Crippen LogP contribution in [-0.2, 0) is 6.42 Å². The largest absolute Gasteiger partial charge is 0.393 e. The molecule has 2 N–H and O–H groups in total. The van der Waals surface area contributed by atoms with Gasteiger partial charge in [-0.25, -0.2) is 0 Å². The zero-order valence-electron chi connectivity index (χ0n) is 12.4. The van der Waals surface area contributed by atoms with Crippen LogP contribution in [0.2, 0.25) is 0 Å². The molecule has 1 aliphatic heterocycles. The number of alkyl halides is 3. The Labute approximate surface area is 124 Å². The minimum Gasteiger partial charge on any atom is -0.323 e. The quantitative estimate of drug-likeness (QED) is 0.922. The van der Waals surface area contributed by atoms with Crippen LogP contribution < -0.4 is 5.73 Å². The zero-order chi connectivity index (χ0) is 15.5. The van der Waals surface area contributed by atoms with Gasteiger partial charge in [-0.05, 0) is 36.9 Å². The van der Waals surface area contributed by atoms with Crippen molar-refractivity contribution in [2.24, 2.45) is 11.7 Å². The summed E-state index contributed by atoms with van der Waals surface area (Å²) >= 11 is 0. The van der Waals surface area contributed by atoms with Gasteiger partial charge < -0.3 is 10.6 Å². The number of halogens is 3. The number of likely N-dealkylation sites (tertiary alicyclic amines) is 1. The predicted octanol–water partition coefficient (Wildman–Crippen LogP) is 3.52. The second kappa shape index (κ2) is 6.79. The molecule has 1 fully saturated rings. The molecule has 0 amide bonds. The van der Waals surface area contributed by atoms with Crippen LogP contribution >= 0.6 is 0 Å². The molecule has 1 saturated heterocycles. The van der Waals surface area contributed by atoms with Crippen LogP contribution in [0.25, 0.3) is 0 Å². The van der Waals surface area contributed by atoms with Crippen LogP contribution in [0.1, 0.15) is 36.9 Å². The first-order chi connectivity index (χ1) is 9.90. The summed E-state index contributed by atoms with van der Waals surface area (Å²) in [4.78, 5) is 1.85. The third kappa shape index (κ3) is 4.45. The van der Waals surface area contributed by atoms with Crippen LogP contribution in [0.5, 0.6) is 0 Å². The van der Waals surface area contributed by atoms with Crippen LogP contribution in [-0.4, -0.2) is 30.7 Å². The summed E-state index contributed by atoms with van der Waals surface area (Å²) < 4.78 is 38.4. The zero-order valence-corrected chi connectivity index (χ0v) is 12.4. The summed E-state index contributed by atoms with van der Waals surface area (Å²) in [5.74, 6) is -1.21. The van der Waals surface area contributed by atoms with Gasteiger partial charge in [0, 0.05) is 19.1 Å². The molecule has 118 valence electrons. The lowest BCUT2D eigenvalue weighted by atomic mass is 9.96. The molecule has 0 spiro atoms. The molecule has 0 aromatic heterocycles. The lowest BCUT2D eigenvalue weighted by molar-refractivity contribution is -0.186. The lowest BCUT2D eigenvalue weighted by Gasteiger charge is -2.35. The molecule has 2 nitrogen and oxygen atoms in total. The van der Waals surface area contributed by atoms with Crippen molar-refractivity contribution in [3.63, 3.8) is 0 Å². The monoisotopic (exact) mass is 300 g/mol. The van der Waals surface area contributed by atoms with Gasteiger partial charge in [-0.1, -0.05) is 31.2 Å². The third-order valence-corrected chi connectivity index (χ3v) is 4.24. The molecule has 0 radical (unpaired) electrons. The van der Waals surface area contributed by atoms with Crippen molar-refractivity contribution in [3.05, 3.63) is 35.4 Å². The molecule has 0 saturated carbocycles. The van der Waals surface area contributed by atoms with Crippen LogP contribution in [0.3, 0.4) is 0 Å². The van der Waals surface area contributed by atoms with Crippen molar-refractivity contribution < 1.29 is 13.2 Å². The first-order valence-electron chi connectivity index (χ1n) is 7.53. The van der Waals surface area contributed by atoms with E-state index in [2.05, 4.69) is 6.92 Å². The number of benzene rings is 1. The second-order valence-electron chi connectivity index (χ2n) is 5.84. The molecule has 5 heteroatoms. The number of nitrogens with two attached hydrogens (primary N) is 1. The standard InChI is InChI=1S/C16H23F3N2/c1-2-12-5-7-13(8-6-12)15(20)11-21-9-3-4-14(10-21)16(17,18)19/h5-8,14-15H,2-4,9-11,20H2,1H3. The van der Waals surface area contributed by atoms with Crippen molar-refractivity contribution in [3.8, 4) is 0 Å². The first-order valence-corrected chi connectivity index (χ1v) is 7.53. The van der Waals surface area contributed by atoms with Gasteiger partial charge >= 0.3 is 6.18 Å². The fourth-order valence-electron chi connectivity index (χ4n) is 2.87. The Kier molecular flexibility index (Phi) is 5.27. The predicted molar refractivity (Wildman–Crippen MR) is 78.0 cm³/mol. The summed E-state index contributed by atoms with van der Waals surface area (Å²) in [6, 6.07) is 7.79. The van der Waals surface area contributed by atoms with E-state index in [1.807, 2.05) is 29.2 Å². The topological polar surface area (TPSA) is 29.3 Å². The van der Waals surface area contributed by atoms with Gasteiger partial charge in [0.25, 0.3) is 0 Å². The highest BCUT2D eigenvalue weighted by Gasteiger charge is 2.41. The average molecular weight is 300 g/mol. The highest BCUT2D eigenvalue weighted by Crippen LogP contribution is 2.33. The summed E-state index contributed by atoms with van der Waals surface area (Å²) in [5, 5.41) is 0. The Balaban J connectivity index is 1.93. The van der Waals surface area contributed by atoms with Crippen LogP contribution in [0, 0.1) is 5.92 Å². The van der Waals surface area contributed by atoms with Gasteiger partial charge in [0.15, 0.2) is 0 Å². The maximum Gasteiger partial charge on any atom is 0.393 e. The smallest absolute Gasteiger partial charge is 0.323 e. The molecule has 1 aromatic rings. The van der Waals surface area contributed by atoms with Crippen molar-refractivity contribution in [2.75, 3.05) is 19.6 Å². The normalized spacial score (nSPS) is 22.2. The summed E-state index contributed by atoms with van der Waals surface area (Å²) in [6.07, 6.45) is -2.30. The highest BCUT2D eigenvalue weighted by atomic mass is 19.4. The number of rotatable bonds is 4. The highest BCUT2D eigenvalue weighted by molar-refractivity contribution is 5.25. The van der Waals surface area contributed by atoms with E-state index in [9.17, 15) is 13.2 Å². The Morgan fingerprint density at radius 3 is 2.52 bits per heavy atom. The van der Waals surface area contributed by atoms with E-state index in [-0.39, 0.29) is 19.0 Å². The minimum absolute atomic E-state index is 0.0737. The number of nitrogens with zero attached hydrogens (tertiary/aromatic N) is 1. The van der Waals surface area contributed by atoms with Gasteiger partial charge in [-0.15, -0.1) is 0 Å². The van der Waals surface area contributed by atoms with Crippen LogP contribution in [0.15, 0.2) is 24.3 Å². The van der Waals surface area contributed by atoms with Gasteiger partial charge in [0.1, 0.15) is 0 Å². The molecule has 1 heterocycles. The number of aryl methyl sites for hydroxylation is 1. The second-order valence-corrected chi connectivity index (χ2v) is 5.84. The summed E-state index contributed by atoms with van der Waals surface area (Å²) in [5.41, 5.74) is 8.37. The minimum atomic E-state index is -4.09. The van der Waals surface area contributed by atoms with E-state index in [4.69, 9.17) is 5.73 Å². The van der Waals surface area contributed by atoms with Crippen molar-refractivity contribution >= 4 is 0 Å². The van der Waals surface area contributed by atoms with Gasteiger partial charge in [-0.3, -0.25) is 0 Å². The Bertz CT molecular complexity index is 442. The third-order valence-electron chi connectivity index (χ3n) is 4.24. The number of hydrogen-bond donors (Lipinski definition) is 1. The van der Waals surface area contributed by atoms with Crippen molar-refractivity contribution in [2.45, 2.75) is 38.4 Å². The average Bonchev–Trinajstić information content (AvgIpc) is 2.47. The summed E-state index contributed by atoms with van der Waals surface area (Å²) in [6.45, 7) is 3.34. The van der Waals surface area contributed by atoms with E-state index in [0.29, 0.717) is 19.5 Å². The number of hydrogen-bond acceptors (Lipinski definition) is 2. The van der Waals surface area contributed by atoms with E-state index < -0.39 is 12.1 Å². The molecule has 1 aromatic carbocycles. The lowest BCUT2D eigenvalue weighted by Crippen LogP contribution is -2.44. The molecular weight excluding hydrogens is 277 g/mol. The Morgan fingerprint density at radius 1 is 1.29 bits per heavy atom. The summed E-state index contributed by atoms with van der Waals surface area (Å²) in [7, 11) is 0. The Morgan fingerprint density at radius 2 is 1.95 bits per heavy atom. The molecule has 2 rings (SSSR count). The molecule has 2 unspecified atom stereocenters. The van der Waals surface area contributed by atoms with E-state index in [1.165, 1.54) is 5.56 Å². The SMILES string of the molecule is CCc1ccc(C(N)CN2CCCC(C(F)(F)F)C2)cc1. The fourth-order valence-corrected chi connectivity index (χ4v) is 2.87. The Hall–Kier alpha value is -1.07. The van der Waals surface area contributed by atoms with Gasteiger partial charge in [0.05, 0.1) is 5.92 Å². The van der Waals surface area contributed by atoms with E-state index >= 15 is 0 Å². The molecule has 21 heavy (non-hydrogen) atoms. The van der Waals surface area contributed by atoms with Gasteiger partial charge in [0.2, 0.25) is 0 Å². The molecule has 0 bridgehead atoms. The maximum atomic E-state index is 12.8. The first kappa shape index (κ1) is 16.3. The number of piperidine rings is 1. The molecular formula is C16H23F3N2. The van der Waals surface area contributed by atoms with Gasteiger partial charge in [-0.2, -0.15) is 13.2 Å². The van der Waals surface area contributed by atoms with Crippen LogP contribution in [0.4, 0.5) is 13.2 Å². The van der Waals surface area contributed by atoms with Crippen molar-refractivity contribution in [1.29, 1.82) is 0 Å². The van der Waals surface area contributed by atoms with E-state index in [1.54, 1.807) is 0 Å². The van der Waals surface area contributed by atoms with E-state index in [0.717, 1.165) is 12.0 Å².